The highest BCUT2D eigenvalue weighted by molar-refractivity contribution is 5.79. The number of fused-ring (bicyclic) bond motifs is 3. The summed E-state index contributed by atoms with van der Waals surface area (Å²) in [6, 6.07) is 15.5. The lowest BCUT2D eigenvalue weighted by molar-refractivity contribution is -0.306. The van der Waals surface area contributed by atoms with E-state index in [9.17, 15) is 14.7 Å². The number of benzene rings is 2. The van der Waals surface area contributed by atoms with Crippen LogP contribution in [0.2, 0.25) is 0 Å². The van der Waals surface area contributed by atoms with Crippen molar-refractivity contribution in [2.75, 3.05) is 6.61 Å². The van der Waals surface area contributed by atoms with Gasteiger partial charge in [-0.3, -0.25) is 0 Å². The van der Waals surface area contributed by atoms with Crippen molar-refractivity contribution in [3.63, 3.8) is 0 Å². The van der Waals surface area contributed by atoms with Gasteiger partial charge < -0.3 is 20.0 Å². The summed E-state index contributed by atoms with van der Waals surface area (Å²) < 4.78 is 5.40. The summed E-state index contributed by atoms with van der Waals surface area (Å²) in [6.07, 6.45) is 0.964. The topological polar surface area (TPSA) is 78.5 Å². The highest BCUT2D eigenvalue weighted by Crippen LogP contribution is 2.44. The standard InChI is InChI=1S/C21H21NO4/c1-2-7-14(12-20(23)24)22-21(25)26-13-19-17-10-5-3-8-15(17)16-9-4-6-11-18(16)19/h2-6,8-11,14,19H,1,7,12-13H2,(H,22,25)(H,23,24)/p-1/t14-/m1/s1. The average molecular weight is 350 g/mol. The molecule has 3 rings (SSSR count). The second-order valence-electron chi connectivity index (χ2n) is 6.27. The predicted octanol–water partition coefficient (Wildman–Crippen LogP) is 2.61. The van der Waals surface area contributed by atoms with Crippen molar-refractivity contribution in [3.05, 3.63) is 72.3 Å². The summed E-state index contributed by atoms with van der Waals surface area (Å²) in [4.78, 5) is 22.9. The van der Waals surface area contributed by atoms with E-state index in [0.29, 0.717) is 6.42 Å². The van der Waals surface area contributed by atoms with Gasteiger partial charge in [0.05, 0.1) is 0 Å². The SMILES string of the molecule is C=CC[C@H](CC(=O)[O-])NC(=O)OCC1c2ccccc2-c2ccccc21. The van der Waals surface area contributed by atoms with Crippen molar-refractivity contribution in [1.82, 2.24) is 5.32 Å². The minimum atomic E-state index is -1.23. The van der Waals surface area contributed by atoms with Crippen LogP contribution in [0.1, 0.15) is 29.9 Å². The van der Waals surface area contributed by atoms with Gasteiger partial charge in [0.2, 0.25) is 0 Å². The second kappa shape index (κ2) is 7.87. The molecule has 0 spiro atoms. The minimum Gasteiger partial charge on any atom is -0.550 e. The average Bonchev–Trinajstić information content (AvgIpc) is 2.94. The van der Waals surface area contributed by atoms with Gasteiger partial charge in [-0.2, -0.15) is 0 Å². The molecular weight excluding hydrogens is 330 g/mol. The minimum absolute atomic E-state index is 0.0351. The Morgan fingerprint density at radius 2 is 1.69 bits per heavy atom. The number of carbonyl (C=O) groups excluding carboxylic acids is 2. The molecule has 1 amide bonds. The number of carboxylic acid groups (broad SMARTS) is 1. The van der Waals surface area contributed by atoms with Crippen LogP contribution in [-0.2, 0) is 9.53 Å². The fraction of sp³-hybridized carbons (Fsp3) is 0.238. The summed E-state index contributed by atoms with van der Waals surface area (Å²) in [5, 5.41) is 13.3. The number of rotatable bonds is 7. The van der Waals surface area contributed by atoms with E-state index >= 15 is 0 Å². The lowest BCUT2D eigenvalue weighted by Crippen LogP contribution is -2.40. The second-order valence-corrected chi connectivity index (χ2v) is 6.27. The maximum Gasteiger partial charge on any atom is 0.407 e. The molecule has 2 aromatic carbocycles. The quantitative estimate of drug-likeness (QED) is 0.779. The first-order valence-electron chi connectivity index (χ1n) is 8.52. The van der Waals surface area contributed by atoms with E-state index in [2.05, 4.69) is 24.0 Å². The number of hydrogen-bond acceptors (Lipinski definition) is 4. The number of ether oxygens (including phenoxy) is 1. The molecule has 134 valence electrons. The van der Waals surface area contributed by atoms with E-state index in [1.54, 1.807) is 6.08 Å². The zero-order valence-electron chi connectivity index (χ0n) is 14.3. The molecule has 1 N–H and O–H groups in total. The third-order valence-electron chi connectivity index (χ3n) is 4.53. The van der Waals surface area contributed by atoms with Gasteiger partial charge in [0.1, 0.15) is 6.61 Å². The molecule has 1 atom stereocenters. The highest BCUT2D eigenvalue weighted by Gasteiger charge is 2.29. The zero-order valence-corrected chi connectivity index (χ0v) is 14.3. The van der Waals surface area contributed by atoms with Crippen LogP contribution >= 0.6 is 0 Å². The van der Waals surface area contributed by atoms with Gasteiger partial charge in [-0.15, -0.1) is 6.58 Å². The maximum absolute atomic E-state index is 12.1. The number of alkyl carbamates (subject to hydrolysis) is 1. The smallest absolute Gasteiger partial charge is 0.407 e. The van der Waals surface area contributed by atoms with Crippen LogP contribution in [0.5, 0.6) is 0 Å². The lowest BCUT2D eigenvalue weighted by atomic mass is 9.98. The molecule has 0 aliphatic heterocycles. The number of carboxylic acids is 1. The van der Waals surface area contributed by atoms with Gasteiger partial charge in [0.25, 0.3) is 0 Å². The van der Waals surface area contributed by atoms with Gasteiger partial charge in [0.15, 0.2) is 0 Å². The molecular formula is C21H20NO4-. The molecule has 0 unspecified atom stereocenters. The molecule has 0 fully saturated rings. The number of hydrogen-bond donors (Lipinski definition) is 1. The predicted molar refractivity (Wildman–Crippen MR) is 96.4 cm³/mol. The summed E-state index contributed by atoms with van der Waals surface area (Å²) in [6.45, 7) is 3.76. The van der Waals surface area contributed by atoms with Crippen LogP contribution in [-0.4, -0.2) is 24.7 Å². The first-order chi connectivity index (χ1) is 12.6. The Balaban J connectivity index is 1.68. The molecule has 1 aliphatic carbocycles. The Morgan fingerprint density at radius 1 is 1.12 bits per heavy atom. The van der Waals surface area contributed by atoms with Crippen LogP contribution < -0.4 is 10.4 Å². The van der Waals surface area contributed by atoms with Gasteiger partial charge in [-0.05, 0) is 28.7 Å². The molecule has 0 saturated carbocycles. The maximum atomic E-state index is 12.1. The summed E-state index contributed by atoms with van der Waals surface area (Å²) in [5.74, 6) is -1.26. The van der Waals surface area contributed by atoms with E-state index in [4.69, 9.17) is 4.74 Å². The summed E-state index contributed by atoms with van der Waals surface area (Å²) in [7, 11) is 0. The third-order valence-corrected chi connectivity index (χ3v) is 4.53. The Hall–Kier alpha value is -3.08. The molecule has 5 nitrogen and oxygen atoms in total. The fourth-order valence-electron chi connectivity index (χ4n) is 3.40. The largest absolute Gasteiger partial charge is 0.550 e. The Kier molecular flexibility index (Phi) is 5.37. The number of nitrogens with one attached hydrogen (secondary N) is 1. The van der Waals surface area contributed by atoms with Crippen molar-refractivity contribution in [1.29, 1.82) is 0 Å². The van der Waals surface area contributed by atoms with Crippen molar-refractivity contribution in [2.24, 2.45) is 0 Å². The monoisotopic (exact) mass is 350 g/mol. The highest BCUT2D eigenvalue weighted by atomic mass is 16.5. The molecule has 2 aromatic rings. The van der Waals surface area contributed by atoms with E-state index < -0.39 is 18.1 Å². The summed E-state index contributed by atoms with van der Waals surface area (Å²) in [5.41, 5.74) is 4.55. The van der Waals surface area contributed by atoms with Gasteiger partial charge >= 0.3 is 6.09 Å². The van der Waals surface area contributed by atoms with Crippen LogP contribution in [0, 0.1) is 0 Å². The Labute approximate surface area is 152 Å². The van der Waals surface area contributed by atoms with Crippen molar-refractivity contribution < 1.29 is 19.4 Å². The Morgan fingerprint density at radius 3 is 2.23 bits per heavy atom. The van der Waals surface area contributed by atoms with E-state index in [-0.39, 0.29) is 18.9 Å². The first kappa shape index (κ1) is 17.7. The van der Waals surface area contributed by atoms with Gasteiger partial charge in [-0.1, -0.05) is 54.6 Å². The zero-order chi connectivity index (χ0) is 18.5. The number of carbonyl (C=O) groups is 2. The molecule has 1 aliphatic rings. The van der Waals surface area contributed by atoms with Crippen LogP contribution in [0.15, 0.2) is 61.2 Å². The molecule has 0 radical (unpaired) electrons. The third kappa shape index (κ3) is 3.77. The summed E-state index contributed by atoms with van der Waals surface area (Å²) >= 11 is 0. The number of amides is 1. The van der Waals surface area contributed by atoms with Gasteiger partial charge in [0, 0.05) is 24.3 Å². The van der Waals surface area contributed by atoms with E-state index in [0.717, 1.165) is 22.3 Å². The molecule has 0 saturated heterocycles. The molecule has 0 bridgehead atoms. The number of aliphatic carboxylic acids is 1. The molecule has 26 heavy (non-hydrogen) atoms. The first-order valence-corrected chi connectivity index (χ1v) is 8.52. The molecule has 0 aromatic heterocycles. The lowest BCUT2D eigenvalue weighted by Gasteiger charge is -2.19. The van der Waals surface area contributed by atoms with Crippen LogP contribution in [0.4, 0.5) is 4.79 Å². The fourth-order valence-corrected chi connectivity index (χ4v) is 3.40. The molecule has 5 heteroatoms. The van der Waals surface area contributed by atoms with Crippen molar-refractivity contribution in [2.45, 2.75) is 24.8 Å². The van der Waals surface area contributed by atoms with Crippen LogP contribution in [0.25, 0.3) is 11.1 Å². The Bertz CT molecular complexity index is 785. The van der Waals surface area contributed by atoms with Crippen molar-refractivity contribution in [3.8, 4) is 11.1 Å². The normalized spacial score (nSPS) is 13.4. The van der Waals surface area contributed by atoms with Crippen molar-refractivity contribution >= 4 is 12.1 Å². The van der Waals surface area contributed by atoms with Crippen LogP contribution in [0.3, 0.4) is 0 Å². The molecule has 0 heterocycles. The van der Waals surface area contributed by atoms with E-state index in [1.165, 1.54) is 0 Å². The van der Waals surface area contributed by atoms with E-state index in [1.807, 2.05) is 36.4 Å². The van der Waals surface area contributed by atoms with Gasteiger partial charge in [-0.25, -0.2) is 4.79 Å².